The molecular formula is C12H11F3O. The van der Waals surface area contributed by atoms with E-state index in [1.807, 2.05) is 0 Å². The second-order valence-electron chi connectivity index (χ2n) is 3.52. The van der Waals surface area contributed by atoms with E-state index in [0.29, 0.717) is 0 Å². The van der Waals surface area contributed by atoms with Crippen molar-refractivity contribution in [1.82, 2.24) is 0 Å². The fourth-order valence-electron chi connectivity index (χ4n) is 1.20. The highest BCUT2D eigenvalue weighted by Gasteiger charge is 2.34. The van der Waals surface area contributed by atoms with Crippen molar-refractivity contribution in [1.29, 1.82) is 0 Å². The molecule has 1 nitrogen and oxygen atoms in total. The topological polar surface area (TPSA) is 9.23 Å². The summed E-state index contributed by atoms with van der Waals surface area (Å²) in [6.07, 6.45) is 0.272. The van der Waals surface area contributed by atoms with Gasteiger partial charge in [-0.1, -0.05) is 5.92 Å². The molecule has 0 atom stereocenters. The van der Waals surface area contributed by atoms with E-state index in [-0.39, 0.29) is 17.4 Å². The van der Waals surface area contributed by atoms with Crippen LogP contribution in [0.1, 0.15) is 25.0 Å². The van der Waals surface area contributed by atoms with E-state index >= 15 is 0 Å². The van der Waals surface area contributed by atoms with Gasteiger partial charge in [0.2, 0.25) is 0 Å². The first-order valence-electron chi connectivity index (χ1n) is 4.69. The van der Waals surface area contributed by atoms with Crippen molar-refractivity contribution in [2.45, 2.75) is 26.1 Å². The van der Waals surface area contributed by atoms with Gasteiger partial charge in [-0.05, 0) is 32.0 Å². The molecule has 0 fully saturated rings. The normalized spacial score (nSPS) is 11.3. The first kappa shape index (κ1) is 12.4. The predicted octanol–water partition coefficient (Wildman–Crippen LogP) is 3.47. The molecule has 0 unspecified atom stereocenters. The molecule has 0 aliphatic carbocycles. The van der Waals surface area contributed by atoms with Crippen LogP contribution in [0.4, 0.5) is 13.2 Å². The summed E-state index contributed by atoms with van der Waals surface area (Å²) in [5, 5.41) is 0. The molecule has 1 rings (SSSR count). The summed E-state index contributed by atoms with van der Waals surface area (Å²) >= 11 is 0. The zero-order valence-corrected chi connectivity index (χ0v) is 8.93. The van der Waals surface area contributed by atoms with Gasteiger partial charge in [-0.25, -0.2) is 0 Å². The Morgan fingerprint density at radius 1 is 1.31 bits per heavy atom. The predicted molar refractivity (Wildman–Crippen MR) is 55.1 cm³/mol. The quantitative estimate of drug-likeness (QED) is 0.704. The molecule has 1 aromatic carbocycles. The number of benzene rings is 1. The number of ether oxygens (including phenoxy) is 1. The van der Waals surface area contributed by atoms with Crippen LogP contribution in [-0.2, 0) is 6.18 Å². The minimum absolute atomic E-state index is 0.184. The van der Waals surface area contributed by atoms with Gasteiger partial charge in [-0.3, -0.25) is 0 Å². The Kier molecular flexibility index (Phi) is 3.48. The third-order valence-electron chi connectivity index (χ3n) is 1.81. The largest absolute Gasteiger partial charge is 0.490 e. The Hall–Kier alpha value is -1.63. The van der Waals surface area contributed by atoms with Gasteiger partial charge in [0.05, 0.1) is 11.7 Å². The van der Waals surface area contributed by atoms with Crippen molar-refractivity contribution in [3.05, 3.63) is 29.3 Å². The second kappa shape index (κ2) is 4.48. The number of alkyl halides is 3. The molecule has 86 valence electrons. The van der Waals surface area contributed by atoms with Crippen LogP contribution in [0.5, 0.6) is 5.75 Å². The number of rotatable bonds is 2. The monoisotopic (exact) mass is 228 g/mol. The first-order chi connectivity index (χ1) is 7.34. The highest BCUT2D eigenvalue weighted by atomic mass is 19.4. The molecule has 0 aromatic heterocycles. The lowest BCUT2D eigenvalue weighted by Gasteiger charge is -2.16. The van der Waals surface area contributed by atoms with Gasteiger partial charge < -0.3 is 4.74 Å². The summed E-state index contributed by atoms with van der Waals surface area (Å²) in [5.74, 6) is 1.97. The molecule has 0 radical (unpaired) electrons. The summed E-state index contributed by atoms with van der Waals surface area (Å²) in [7, 11) is 0. The van der Waals surface area contributed by atoms with Crippen LogP contribution in [0.2, 0.25) is 0 Å². The Morgan fingerprint density at radius 2 is 1.94 bits per heavy atom. The summed E-state index contributed by atoms with van der Waals surface area (Å²) < 4.78 is 43.1. The molecule has 0 N–H and O–H groups in total. The first-order valence-corrected chi connectivity index (χ1v) is 4.69. The average molecular weight is 228 g/mol. The molecule has 0 spiro atoms. The number of halogens is 3. The Balaban J connectivity index is 3.23. The van der Waals surface area contributed by atoms with Crippen molar-refractivity contribution >= 4 is 0 Å². The van der Waals surface area contributed by atoms with E-state index in [4.69, 9.17) is 11.2 Å². The lowest BCUT2D eigenvalue weighted by atomic mass is 10.1. The minimum Gasteiger partial charge on any atom is -0.490 e. The zero-order valence-electron chi connectivity index (χ0n) is 8.93. The maximum absolute atomic E-state index is 12.7. The third-order valence-corrected chi connectivity index (χ3v) is 1.81. The van der Waals surface area contributed by atoms with Crippen LogP contribution in [0, 0.1) is 12.3 Å². The molecule has 1 aromatic rings. The number of hydrogen-bond acceptors (Lipinski definition) is 1. The summed E-state index contributed by atoms with van der Waals surface area (Å²) in [6.45, 7) is 3.32. The van der Waals surface area contributed by atoms with Gasteiger partial charge in [0, 0.05) is 5.56 Å². The third kappa shape index (κ3) is 2.93. The smallest absolute Gasteiger partial charge is 0.420 e. The summed E-state index contributed by atoms with van der Waals surface area (Å²) in [6, 6.07) is 3.59. The molecular weight excluding hydrogens is 217 g/mol. The van der Waals surface area contributed by atoms with Crippen molar-refractivity contribution in [3.63, 3.8) is 0 Å². The van der Waals surface area contributed by atoms with Crippen LogP contribution in [-0.4, -0.2) is 6.10 Å². The van der Waals surface area contributed by atoms with E-state index in [1.54, 1.807) is 13.8 Å². The van der Waals surface area contributed by atoms with E-state index in [2.05, 4.69) is 5.92 Å². The molecule has 0 saturated heterocycles. The van der Waals surface area contributed by atoms with Crippen molar-refractivity contribution in [2.24, 2.45) is 0 Å². The van der Waals surface area contributed by atoms with E-state index in [1.165, 1.54) is 12.1 Å². The van der Waals surface area contributed by atoms with Crippen LogP contribution in [0.3, 0.4) is 0 Å². The van der Waals surface area contributed by atoms with Crippen LogP contribution in [0.25, 0.3) is 0 Å². The van der Waals surface area contributed by atoms with E-state index in [9.17, 15) is 13.2 Å². The SMILES string of the molecule is C#Cc1ccc(OC(C)C)c(C(F)(F)F)c1. The van der Waals surface area contributed by atoms with Crippen molar-refractivity contribution < 1.29 is 17.9 Å². The molecule has 0 heterocycles. The lowest BCUT2D eigenvalue weighted by molar-refractivity contribution is -0.139. The fourth-order valence-corrected chi connectivity index (χ4v) is 1.20. The molecule has 0 aliphatic rings. The van der Waals surface area contributed by atoms with Gasteiger partial charge in [-0.15, -0.1) is 6.42 Å². The Bertz CT molecular complexity index is 413. The Labute approximate surface area is 92.2 Å². The zero-order chi connectivity index (χ0) is 12.3. The molecule has 0 amide bonds. The molecule has 4 heteroatoms. The molecule has 16 heavy (non-hydrogen) atoms. The van der Waals surface area contributed by atoms with E-state index in [0.717, 1.165) is 6.07 Å². The summed E-state index contributed by atoms with van der Waals surface area (Å²) in [5.41, 5.74) is -0.653. The maximum atomic E-state index is 12.7. The van der Waals surface area contributed by atoms with Gasteiger partial charge in [0.25, 0.3) is 0 Å². The van der Waals surface area contributed by atoms with Crippen LogP contribution < -0.4 is 4.74 Å². The minimum atomic E-state index is -4.46. The van der Waals surface area contributed by atoms with Crippen LogP contribution >= 0.6 is 0 Å². The van der Waals surface area contributed by atoms with Crippen molar-refractivity contribution in [3.8, 4) is 18.1 Å². The maximum Gasteiger partial charge on any atom is 0.420 e. The summed E-state index contributed by atoms with van der Waals surface area (Å²) in [4.78, 5) is 0. The molecule has 0 saturated carbocycles. The standard InChI is InChI=1S/C12H11F3O/c1-4-9-5-6-11(16-8(2)3)10(7-9)12(13,14)15/h1,5-8H,2-3H3. The molecule has 0 bridgehead atoms. The highest BCUT2D eigenvalue weighted by molar-refractivity contribution is 5.44. The van der Waals surface area contributed by atoms with Gasteiger partial charge in [0.15, 0.2) is 0 Å². The second-order valence-corrected chi connectivity index (χ2v) is 3.52. The van der Waals surface area contributed by atoms with Gasteiger partial charge in [0.1, 0.15) is 5.75 Å². The Morgan fingerprint density at radius 3 is 2.38 bits per heavy atom. The van der Waals surface area contributed by atoms with Gasteiger partial charge >= 0.3 is 6.18 Å². The van der Waals surface area contributed by atoms with Gasteiger partial charge in [-0.2, -0.15) is 13.2 Å². The van der Waals surface area contributed by atoms with Crippen LogP contribution in [0.15, 0.2) is 18.2 Å². The van der Waals surface area contributed by atoms with E-state index < -0.39 is 11.7 Å². The lowest BCUT2D eigenvalue weighted by Crippen LogP contribution is -2.13. The van der Waals surface area contributed by atoms with Crippen molar-refractivity contribution in [2.75, 3.05) is 0 Å². The molecule has 0 aliphatic heterocycles. The number of terminal acetylenes is 1. The highest BCUT2D eigenvalue weighted by Crippen LogP contribution is 2.37. The fraction of sp³-hybridized carbons (Fsp3) is 0.333. The number of hydrogen-bond donors (Lipinski definition) is 0. The average Bonchev–Trinajstić information content (AvgIpc) is 2.15.